The van der Waals surface area contributed by atoms with Gasteiger partial charge in [-0.15, -0.1) is 0 Å². The molecule has 6 heteroatoms. The zero-order chi connectivity index (χ0) is 14.8. The molecule has 0 aromatic heterocycles. The van der Waals surface area contributed by atoms with Crippen LogP contribution >= 0.6 is 12.2 Å². The van der Waals surface area contributed by atoms with Gasteiger partial charge in [-0.05, 0) is 18.4 Å². The maximum atomic E-state index is 12.3. The van der Waals surface area contributed by atoms with E-state index in [-0.39, 0.29) is 10.9 Å². The van der Waals surface area contributed by atoms with E-state index in [0.29, 0.717) is 18.4 Å². The van der Waals surface area contributed by atoms with Crippen molar-refractivity contribution in [3.8, 4) is 0 Å². The smallest absolute Gasteiger partial charge is 0.333 e. The molecule has 1 fully saturated rings. The third-order valence-corrected chi connectivity index (χ3v) is 3.89. The number of nitrogens with one attached hydrogen (secondary N) is 1. The average molecular weight is 292 g/mol. The highest BCUT2D eigenvalue weighted by molar-refractivity contribution is 7.80. The first-order valence-corrected chi connectivity index (χ1v) is 6.66. The lowest BCUT2D eigenvalue weighted by molar-refractivity contribution is -0.145. The summed E-state index contributed by atoms with van der Waals surface area (Å²) in [5.41, 5.74) is 5.47. The fourth-order valence-corrected chi connectivity index (χ4v) is 2.32. The van der Waals surface area contributed by atoms with Gasteiger partial charge in [0.25, 0.3) is 0 Å². The number of carbonyl (C=O) groups excluding carboxylic acids is 2. The van der Waals surface area contributed by atoms with Crippen LogP contribution in [0.3, 0.4) is 0 Å². The Labute approximate surface area is 122 Å². The summed E-state index contributed by atoms with van der Waals surface area (Å²) in [7, 11) is 1.28. The fourth-order valence-electron chi connectivity index (χ4n) is 2.02. The lowest BCUT2D eigenvalue weighted by atomic mass is 10.0. The van der Waals surface area contributed by atoms with Gasteiger partial charge in [0, 0.05) is 0 Å². The number of nitrogens with two attached hydrogens (primary N) is 1. The number of hydrogen-bond acceptors (Lipinski definition) is 4. The van der Waals surface area contributed by atoms with Gasteiger partial charge in [-0.3, -0.25) is 4.79 Å². The molecule has 1 atom stereocenters. The van der Waals surface area contributed by atoms with E-state index >= 15 is 0 Å². The van der Waals surface area contributed by atoms with Crippen molar-refractivity contribution in [3.63, 3.8) is 0 Å². The Morgan fingerprint density at radius 2 is 1.95 bits per heavy atom. The molecule has 0 heterocycles. The fraction of sp³-hybridized carbons (Fsp3) is 0.357. The summed E-state index contributed by atoms with van der Waals surface area (Å²) in [4.78, 5) is 24.3. The summed E-state index contributed by atoms with van der Waals surface area (Å²) in [6.07, 6.45) is 1.24. The van der Waals surface area contributed by atoms with E-state index in [2.05, 4.69) is 5.32 Å². The number of hydrogen-bond donors (Lipinski definition) is 2. The lowest BCUT2D eigenvalue weighted by Crippen LogP contribution is -2.43. The van der Waals surface area contributed by atoms with E-state index in [1.165, 1.54) is 7.11 Å². The Kier molecular flexibility index (Phi) is 4.04. The van der Waals surface area contributed by atoms with Gasteiger partial charge in [0.1, 0.15) is 0 Å². The highest BCUT2D eigenvalue weighted by Gasteiger charge is 2.53. The van der Waals surface area contributed by atoms with Crippen molar-refractivity contribution < 1.29 is 14.3 Å². The van der Waals surface area contributed by atoms with Crippen LogP contribution in [-0.4, -0.2) is 24.0 Å². The second-order valence-electron chi connectivity index (χ2n) is 4.79. The van der Waals surface area contributed by atoms with Gasteiger partial charge in [-0.2, -0.15) is 0 Å². The standard InChI is InChI=1S/C14H16N2O3S/c1-19-11(17)10(9-5-3-2-4-6-9)16-13(18)14(7-8-14)12(15)20/h2-6,10H,7-8H2,1H3,(H2,15,20)(H,16,18). The van der Waals surface area contributed by atoms with E-state index in [1.807, 2.05) is 6.07 Å². The van der Waals surface area contributed by atoms with Crippen LogP contribution in [0.2, 0.25) is 0 Å². The Morgan fingerprint density at radius 3 is 2.40 bits per heavy atom. The number of esters is 1. The predicted octanol–water partition coefficient (Wildman–Crippen LogP) is 1.08. The molecule has 0 bridgehead atoms. The van der Waals surface area contributed by atoms with Crippen molar-refractivity contribution >= 4 is 29.1 Å². The lowest BCUT2D eigenvalue weighted by Gasteiger charge is -2.20. The number of ether oxygens (including phenoxy) is 1. The summed E-state index contributed by atoms with van der Waals surface area (Å²) in [5.74, 6) is -0.840. The minimum absolute atomic E-state index is 0.173. The first-order valence-electron chi connectivity index (χ1n) is 6.25. The number of benzene rings is 1. The Balaban J connectivity index is 2.20. The maximum Gasteiger partial charge on any atom is 0.333 e. The zero-order valence-corrected chi connectivity index (χ0v) is 11.9. The summed E-state index contributed by atoms with van der Waals surface area (Å²) < 4.78 is 4.74. The third-order valence-electron chi connectivity index (χ3n) is 3.50. The van der Waals surface area contributed by atoms with E-state index < -0.39 is 17.4 Å². The molecule has 3 N–H and O–H groups in total. The first-order chi connectivity index (χ1) is 9.51. The molecule has 1 aliphatic carbocycles. The van der Waals surface area contributed by atoms with Gasteiger partial charge in [0.15, 0.2) is 6.04 Å². The Bertz CT molecular complexity index is 541. The van der Waals surface area contributed by atoms with Crippen LogP contribution < -0.4 is 11.1 Å². The van der Waals surface area contributed by atoms with Crippen LogP contribution in [0.15, 0.2) is 30.3 Å². The molecule has 1 aromatic carbocycles. The second kappa shape index (κ2) is 5.58. The molecule has 1 saturated carbocycles. The minimum Gasteiger partial charge on any atom is -0.467 e. The number of amides is 1. The summed E-state index contributed by atoms with van der Waals surface area (Å²) in [6, 6.07) is 8.07. The van der Waals surface area contributed by atoms with E-state index in [1.54, 1.807) is 24.3 Å². The van der Waals surface area contributed by atoms with Crippen LogP contribution in [-0.2, 0) is 14.3 Å². The molecule has 1 aliphatic rings. The third kappa shape index (κ3) is 2.65. The number of thiocarbonyl (C=S) groups is 1. The van der Waals surface area contributed by atoms with Gasteiger partial charge in [0.2, 0.25) is 5.91 Å². The molecule has 1 amide bonds. The van der Waals surface area contributed by atoms with Crippen LogP contribution in [0.5, 0.6) is 0 Å². The van der Waals surface area contributed by atoms with Gasteiger partial charge in [-0.25, -0.2) is 4.79 Å². The average Bonchev–Trinajstić information content (AvgIpc) is 3.26. The van der Waals surface area contributed by atoms with Gasteiger partial charge in [-0.1, -0.05) is 42.5 Å². The molecule has 5 nitrogen and oxygen atoms in total. The van der Waals surface area contributed by atoms with Crippen molar-refractivity contribution in [2.75, 3.05) is 7.11 Å². The normalized spacial score (nSPS) is 16.9. The van der Waals surface area contributed by atoms with Crippen molar-refractivity contribution in [2.24, 2.45) is 11.1 Å². The van der Waals surface area contributed by atoms with E-state index in [0.717, 1.165) is 0 Å². The van der Waals surface area contributed by atoms with Gasteiger partial charge in [0.05, 0.1) is 17.5 Å². The largest absolute Gasteiger partial charge is 0.467 e. The number of carbonyl (C=O) groups is 2. The predicted molar refractivity (Wildman–Crippen MR) is 77.8 cm³/mol. The Morgan fingerprint density at radius 1 is 1.35 bits per heavy atom. The monoisotopic (exact) mass is 292 g/mol. The highest BCUT2D eigenvalue weighted by atomic mass is 32.1. The minimum atomic E-state index is -0.847. The summed E-state index contributed by atoms with van der Waals surface area (Å²) >= 11 is 4.93. The van der Waals surface area contributed by atoms with Crippen LogP contribution in [0, 0.1) is 5.41 Å². The van der Waals surface area contributed by atoms with Crippen LogP contribution in [0.25, 0.3) is 0 Å². The SMILES string of the molecule is COC(=O)C(NC(=O)C1(C(N)=S)CC1)c1ccccc1. The zero-order valence-electron chi connectivity index (χ0n) is 11.1. The van der Waals surface area contributed by atoms with Crippen molar-refractivity contribution in [3.05, 3.63) is 35.9 Å². The quantitative estimate of drug-likeness (QED) is 0.627. The molecule has 0 saturated heterocycles. The van der Waals surface area contributed by atoms with Crippen LogP contribution in [0.1, 0.15) is 24.4 Å². The number of methoxy groups -OCH3 is 1. The maximum absolute atomic E-state index is 12.3. The highest BCUT2D eigenvalue weighted by Crippen LogP contribution is 2.46. The summed E-state index contributed by atoms with van der Waals surface area (Å²) in [6.45, 7) is 0. The molecule has 0 radical (unpaired) electrons. The second-order valence-corrected chi connectivity index (χ2v) is 5.23. The molecule has 0 aliphatic heterocycles. The van der Waals surface area contributed by atoms with E-state index in [4.69, 9.17) is 22.7 Å². The molecule has 0 spiro atoms. The number of rotatable bonds is 5. The van der Waals surface area contributed by atoms with Crippen molar-refractivity contribution in [1.29, 1.82) is 0 Å². The summed E-state index contributed by atoms with van der Waals surface area (Å²) in [5, 5.41) is 2.69. The molecular formula is C14H16N2O3S. The van der Waals surface area contributed by atoms with E-state index in [9.17, 15) is 9.59 Å². The van der Waals surface area contributed by atoms with Crippen molar-refractivity contribution in [2.45, 2.75) is 18.9 Å². The first kappa shape index (κ1) is 14.5. The molecule has 2 rings (SSSR count). The molecule has 1 unspecified atom stereocenters. The topological polar surface area (TPSA) is 81.4 Å². The molecule has 20 heavy (non-hydrogen) atoms. The molecular weight excluding hydrogens is 276 g/mol. The van der Waals surface area contributed by atoms with Crippen LogP contribution in [0.4, 0.5) is 0 Å². The molecule has 106 valence electrons. The van der Waals surface area contributed by atoms with Gasteiger partial charge >= 0.3 is 5.97 Å². The van der Waals surface area contributed by atoms with Crippen molar-refractivity contribution in [1.82, 2.24) is 5.32 Å². The van der Waals surface area contributed by atoms with Gasteiger partial charge < -0.3 is 15.8 Å². The Hall–Kier alpha value is -1.95. The molecule has 1 aromatic rings.